The predicted octanol–water partition coefficient (Wildman–Crippen LogP) is 3.05. The van der Waals surface area contributed by atoms with Crippen molar-refractivity contribution in [2.75, 3.05) is 5.32 Å². The molecule has 0 aliphatic heterocycles. The summed E-state index contributed by atoms with van der Waals surface area (Å²) in [6.07, 6.45) is 0. The number of hydrogen-bond acceptors (Lipinski definition) is 6. The summed E-state index contributed by atoms with van der Waals surface area (Å²) in [5, 5.41) is 11.4. The van der Waals surface area contributed by atoms with E-state index in [0.717, 1.165) is 21.6 Å². The molecule has 3 aromatic rings. The van der Waals surface area contributed by atoms with E-state index in [0.29, 0.717) is 15.0 Å². The van der Waals surface area contributed by atoms with Gasteiger partial charge in [0.2, 0.25) is 5.13 Å². The van der Waals surface area contributed by atoms with Gasteiger partial charge in [0.15, 0.2) is 0 Å². The van der Waals surface area contributed by atoms with Crippen LogP contribution in [0.5, 0.6) is 0 Å². The Bertz CT molecular complexity index is 710. The number of halogens is 1. The molecule has 0 atom stereocenters. The van der Waals surface area contributed by atoms with Gasteiger partial charge in [-0.15, -0.1) is 11.3 Å². The summed E-state index contributed by atoms with van der Waals surface area (Å²) in [6.45, 7) is 0. The van der Waals surface area contributed by atoms with E-state index >= 15 is 0 Å². The third kappa shape index (κ3) is 1.96. The van der Waals surface area contributed by atoms with Crippen molar-refractivity contribution >= 4 is 55.6 Å². The summed E-state index contributed by atoms with van der Waals surface area (Å²) in [6, 6.07) is 7.61. The van der Waals surface area contributed by atoms with E-state index in [4.69, 9.17) is 11.6 Å². The molecule has 0 aliphatic rings. The maximum atomic E-state index is 12.0. The first-order valence-corrected chi connectivity index (χ1v) is 6.86. The fraction of sp³-hybridized carbons (Fsp3) is 0. The zero-order chi connectivity index (χ0) is 12.5. The zero-order valence-corrected chi connectivity index (χ0v) is 11.1. The molecule has 18 heavy (non-hydrogen) atoms. The van der Waals surface area contributed by atoms with Gasteiger partial charge in [-0.2, -0.15) is 0 Å². The standard InChI is InChI=1S/C10H5ClN4OS2/c11-7-5-3-1-2-4-6(5)17-8(7)9(16)12-10-13-14-15-18-10/h1-4H,(H,12,13,15,16). The number of carbonyl (C=O) groups excluding carboxylic acids is 1. The molecule has 5 nitrogen and oxygen atoms in total. The smallest absolute Gasteiger partial charge is 0.269 e. The summed E-state index contributed by atoms with van der Waals surface area (Å²) < 4.78 is 4.55. The van der Waals surface area contributed by atoms with Gasteiger partial charge >= 0.3 is 0 Å². The van der Waals surface area contributed by atoms with E-state index in [-0.39, 0.29) is 5.91 Å². The molecule has 1 amide bonds. The molecule has 0 aliphatic carbocycles. The Balaban J connectivity index is 1.99. The minimum absolute atomic E-state index is 0.292. The van der Waals surface area contributed by atoms with Crippen molar-refractivity contribution in [2.24, 2.45) is 0 Å². The van der Waals surface area contributed by atoms with E-state index < -0.39 is 0 Å². The maximum absolute atomic E-state index is 12.0. The van der Waals surface area contributed by atoms with Crippen LogP contribution in [0.2, 0.25) is 5.02 Å². The summed E-state index contributed by atoms with van der Waals surface area (Å²) in [7, 11) is 0. The molecule has 0 fully saturated rings. The van der Waals surface area contributed by atoms with Crippen molar-refractivity contribution in [3.63, 3.8) is 0 Å². The number of carbonyl (C=O) groups is 1. The van der Waals surface area contributed by atoms with E-state index in [1.54, 1.807) is 0 Å². The quantitative estimate of drug-likeness (QED) is 0.789. The molecular formula is C10H5ClN4OS2. The molecule has 0 spiro atoms. The van der Waals surface area contributed by atoms with E-state index in [1.807, 2.05) is 24.3 Å². The topological polar surface area (TPSA) is 67.8 Å². The van der Waals surface area contributed by atoms with Crippen LogP contribution < -0.4 is 5.32 Å². The molecule has 2 heterocycles. The molecule has 2 aromatic heterocycles. The van der Waals surface area contributed by atoms with E-state index in [2.05, 4.69) is 20.1 Å². The van der Waals surface area contributed by atoms with Crippen molar-refractivity contribution < 1.29 is 4.79 Å². The Morgan fingerprint density at radius 1 is 1.33 bits per heavy atom. The number of nitrogens with one attached hydrogen (secondary N) is 1. The highest BCUT2D eigenvalue weighted by Gasteiger charge is 2.17. The Hall–Kier alpha value is -1.57. The van der Waals surface area contributed by atoms with Crippen molar-refractivity contribution in [3.8, 4) is 0 Å². The van der Waals surface area contributed by atoms with Crippen molar-refractivity contribution in [1.82, 2.24) is 14.8 Å². The normalized spacial score (nSPS) is 10.7. The number of nitrogens with zero attached hydrogens (tertiary/aromatic N) is 3. The lowest BCUT2D eigenvalue weighted by Gasteiger charge is -1.97. The van der Waals surface area contributed by atoms with Gasteiger partial charge in [-0.1, -0.05) is 39.4 Å². The second-order valence-corrected chi connectivity index (χ2v) is 5.53. The van der Waals surface area contributed by atoms with Crippen LogP contribution in [0.1, 0.15) is 9.67 Å². The lowest BCUT2D eigenvalue weighted by Crippen LogP contribution is -2.10. The molecule has 1 N–H and O–H groups in total. The van der Waals surface area contributed by atoms with Crippen LogP contribution in [0.25, 0.3) is 10.1 Å². The van der Waals surface area contributed by atoms with Gasteiger partial charge in [0.05, 0.1) is 5.02 Å². The first kappa shape index (κ1) is 11.5. The number of amides is 1. The molecule has 0 saturated carbocycles. The van der Waals surface area contributed by atoms with Crippen molar-refractivity contribution in [1.29, 1.82) is 0 Å². The van der Waals surface area contributed by atoms with Gasteiger partial charge in [-0.25, -0.2) is 0 Å². The molecule has 1 aromatic carbocycles. The molecular weight excluding hydrogens is 292 g/mol. The molecule has 8 heteroatoms. The number of fused-ring (bicyclic) bond motifs is 1. The SMILES string of the molecule is O=C(Nc1nnns1)c1sc2ccccc2c1Cl. The highest BCUT2D eigenvalue weighted by molar-refractivity contribution is 7.21. The van der Waals surface area contributed by atoms with Crippen molar-refractivity contribution in [2.45, 2.75) is 0 Å². The second-order valence-electron chi connectivity index (χ2n) is 3.36. The molecule has 0 unspecified atom stereocenters. The lowest BCUT2D eigenvalue weighted by atomic mass is 10.2. The van der Waals surface area contributed by atoms with Crippen LogP contribution in [-0.4, -0.2) is 20.7 Å². The first-order valence-electron chi connectivity index (χ1n) is 4.89. The average molecular weight is 297 g/mol. The van der Waals surface area contributed by atoms with Gasteiger partial charge in [0.1, 0.15) is 4.88 Å². The molecule has 0 radical (unpaired) electrons. The number of benzene rings is 1. The van der Waals surface area contributed by atoms with Gasteiger partial charge in [-0.3, -0.25) is 10.1 Å². The monoisotopic (exact) mass is 296 g/mol. The highest BCUT2D eigenvalue weighted by Crippen LogP contribution is 2.35. The fourth-order valence-corrected chi connectivity index (χ4v) is 3.27. The highest BCUT2D eigenvalue weighted by atomic mass is 35.5. The van der Waals surface area contributed by atoms with Gasteiger partial charge in [0, 0.05) is 21.6 Å². The maximum Gasteiger partial charge on any atom is 0.269 e. The number of anilines is 1. The molecule has 3 rings (SSSR count). The number of aromatic nitrogens is 3. The zero-order valence-electron chi connectivity index (χ0n) is 8.75. The predicted molar refractivity (Wildman–Crippen MR) is 72.5 cm³/mol. The molecule has 90 valence electrons. The summed E-state index contributed by atoms with van der Waals surface area (Å²) in [5.41, 5.74) is 0. The molecule has 0 saturated heterocycles. The van der Waals surface area contributed by atoms with E-state index in [1.165, 1.54) is 11.3 Å². The number of rotatable bonds is 2. The Morgan fingerprint density at radius 2 is 2.17 bits per heavy atom. The Labute approximate surface area is 115 Å². The average Bonchev–Trinajstić information content (AvgIpc) is 2.98. The van der Waals surface area contributed by atoms with Gasteiger partial charge in [0.25, 0.3) is 5.91 Å². The van der Waals surface area contributed by atoms with Crippen LogP contribution in [0.3, 0.4) is 0 Å². The van der Waals surface area contributed by atoms with Crippen LogP contribution in [0, 0.1) is 0 Å². The van der Waals surface area contributed by atoms with Crippen LogP contribution in [0.4, 0.5) is 5.13 Å². The minimum atomic E-state index is -0.292. The Morgan fingerprint density at radius 3 is 2.89 bits per heavy atom. The van der Waals surface area contributed by atoms with E-state index in [9.17, 15) is 4.79 Å². The van der Waals surface area contributed by atoms with Crippen molar-refractivity contribution in [3.05, 3.63) is 34.2 Å². The summed E-state index contributed by atoms with van der Waals surface area (Å²) >= 11 is 8.56. The summed E-state index contributed by atoms with van der Waals surface area (Å²) in [4.78, 5) is 12.5. The second kappa shape index (κ2) is 4.60. The minimum Gasteiger partial charge on any atom is -0.294 e. The number of hydrogen-bond donors (Lipinski definition) is 1. The van der Waals surface area contributed by atoms with Crippen LogP contribution in [0.15, 0.2) is 24.3 Å². The van der Waals surface area contributed by atoms with Crippen LogP contribution >= 0.6 is 34.5 Å². The third-order valence-corrected chi connectivity index (χ3v) is 4.45. The summed E-state index contributed by atoms with van der Waals surface area (Å²) in [5.74, 6) is -0.292. The Kier molecular flexibility index (Phi) is 2.94. The number of thiophene rings is 1. The van der Waals surface area contributed by atoms with Crippen LogP contribution in [-0.2, 0) is 0 Å². The third-order valence-electron chi connectivity index (χ3n) is 2.26. The molecule has 0 bridgehead atoms. The van der Waals surface area contributed by atoms with Gasteiger partial charge in [-0.05, 0) is 11.3 Å². The lowest BCUT2D eigenvalue weighted by molar-refractivity contribution is 0.103. The van der Waals surface area contributed by atoms with Gasteiger partial charge < -0.3 is 0 Å². The fourth-order valence-electron chi connectivity index (χ4n) is 1.50. The first-order chi connectivity index (χ1) is 8.75. The largest absolute Gasteiger partial charge is 0.294 e.